The number of rotatable bonds is 4. The number of carbonyl (C=O) groups is 2. The molecule has 5 unspecified atom stereocenters. The molecule has 2 aromatic rings. The van der Waals surface area contributed by atoms with Crippen molar-refractivity contribution in [2.75, 3.05) is 13.2 Å². The van der Waals surface area contributed by atoms with E-state index in [1.54, 1.807) is 24.5 Å². The molecular formula is C18H17ClFN2O8P3. The molecule has 0 aliphatic carbocycles. The highest BCUT2D eigenvalue weighted by Crippen LogP contribution is 2.68. The molecule has 2 amide bonds. The monoisotopic (exact) mass is 536 g/mol. The van der Waals surface area contributed by atoms with E-state index in [9.17, 15) is 24.0 Å². The lowest BCUT2D eigenvalue weighted by atomic mass is 10.2. The van der Waals surface area contributed by atoms with Gasteiger partial charge in [-0.1, -0.05) is 17.7 Å². The van der Waals surface area contributed by atoms with Crippen molar-refractivity contribution < 1.29 is 42.5 Å². The van der Waals surface area contributed by atoms with E-state index in [1.165, 1.54) is 6.07 Å². The van der Waals surface area contributed by atoms with Crippen LogP contribution >= 0.6 is 36.7 Å². The van der Waals surface area contributed by atoms with Crippen molar-refractivity contribution in [2.24, 2.45) is 0 Å². The molecule has 2 aliphatic heterocycles. The van der Waals surface area contributed by atoms with Crippen molar-refractivity contribution in [3.8, 4) is 5.75 Å². The zero-order valence-electron chi connectivity index (χ0n) is 16.6. The first-order chi connectivity index (χ1) is 15.8. The first kappa shape index (κ1) is 24.6. The highest BCUT2D eigenvalue weighted by Gasteiger charge is 2.43. The fraction of sp³-hybridized carbons (Fsp3) is 0.278. The third-order valence-electron chi connectivity index (χ3n) is 4.57. The van der Waals surface area contributed by atoms with Gasteiger partial charge >= 0.3 is 12.2 Å². The Bertz CT molecular complexity index is 1030. The number of aromatic nitrogens is 1. The minimum atomic E-state index is -2.39. The molecule has 15 heteroatoms. The normalized spacial score (nSPS) is 26.9. The van der Waals surface area contributed by atoms with Crippen LogP contribution in [0.2, 0.25) is 5.02 Å². The molecule has 33 heavy (non-hydrogen) atoms. The molecule has 0 spiro atoms. The molecule has 5 atom stereocenters. The van der Waals surface area contributed by atoms with E-state index in [2.05, 4.69) is 9.72 Å². The van der Waals surface area contributed by atoms with Crippen molar-refractivity contribution in [1.29, 1.82) is 0 Å². The molecule has 2 saturated heterocycles. The van der Waals surface area contributed by atoms with Gasteiger partial charge in [0.1, 0.15) is 6.61 Å². The van der Waals surface area contributed by atoms with Crippen LogP contribution in [0.25, 0.3) is 0 Å². The second-order valence-corrected chi connectivity index (χ2v) is 12.1. The Morgan fingerprint density at radius 1 is 1.48 bits per heavy atom. The lowest BCUT2D eigenvalue weighted by Crippen LogP contribution is -2.34. The molecule has 3 heterocycles. The first-order valence-electron chi connectivity index (χ1n) is 9.37. The fourth-order valence-electron chi connectivity index (χ4n) is 2.95. The average molecular weight is 537 g/mol. The number of amides is 2. The number of aliphatic hydroxyl groups is 1. The van der Waals surface area contributed by atoms with Gasteiger partial charge < -0.3 is 24.0 Å². The number of halogens is 2. The largest absolute Gasteiger partial charge is 0.447 e. The number of carbonyl (C=O) groups excluding carboxylic acids is 2. The Hall–Kier alpha value is -1.54. The Balaban J connectivity index is 1.48. The number of hydrogen-bond acceptors (Lipinski definition) is 9. The van der Waals surface area contributed by atoms with Gasteiger partial charge in [0.05, 0.1) is 11.6 Å². The summed E-state index contributed by atoms with van der Waals surface area (Å²) in [4.78, 5) is 38.8. The summed E-state index contributed by atoms with van der Waals surface area (Å²) in [5.41, 5.74) is 0.824. The van der Waals surface area contributed by atoms with Crippen molar-refractivity contribution >= 4 is 48.9 Å². The van der Waals surface area contributed by atoms with E-state index in [-0.39, 0.29) is 46.9 Å². The number of benzene rings is 1. The van der Waals surface area contributed by atoms with Crippen molar-refractivity contribution in [2.45, 2.75) is 17.8 Å². The lowest BCUT2D eigenvalue weighted by Gasteiger charge is -2.29. The number of pyridine rings is 1. The summed E-state index contributed by atoms with van der Waals surface area (Å²) in [6.07, 6.45) is 0.0427. The van der Waals surface area contributed by atoms with Crippen molar-refractivity contribution in [3.05, 3.63) is 58.6 Å². The fourth-order valence-corrected chi connectivity index (χ4v) is 8.00. The number of cyclic esters (lactones) is 1. The molecule has 2 N–H and O–H groups in total. The van der Waals surface area contributed by atoms with Gasteiger partial charge in [0.2, 0.25) is 8.38 Å². The predicted molar refractivity (Wildman–Crippen MR) is 119 cm³/mol. The van der Waals surface area contributed by atoms with Crippen LogP contribution in [0.1, 0.15) is 17.4 Å². The van der Waals surface area contributed by atoms with E-state index in [1.807, 2.05) is 0 Å². The Kier molecular flexibility index (Phi) is 7.73. The zero-order chi connectivity index (χ0) is 23.6. The summed E-state index contributed by atoms with van der Waals surface area (Å²) in [5.74, 6) is -1.59. The van der Waals surface area contributed by atoms with Crippen LogP contribution in [-0.4, -0.2) is 50.3 Å². The van der Waals surface area contributed by atoms with E-state index in [0.29, 0.717) is 10.5 Å². The number of imide groups is 1. The Morgan fingerprint density at radius 2 is 2.30 bits per heavy atom. The summed E-state index contributed by atoms with van der Waals surface area (Å²) in [5, 5.41) is 9.14. The SMILES string of the molecule is O=C1OCCN1C(=O)Oc1c(F)cc(C2OPPC(O)(Cc3cccnc3)P(O)O2)cc1Cl. The van der Waals surface area contributed by atoms with Gasteiger partial charge in [-0.3, -0.25) is 9.51 Å². The highest BCUT2D eigenvalue weighted by molar-refractivity contribution is 8.12. The van der Waals surface area contributed by atoms with Crippen LogP contribution in [0.15, 0.2) is 36.7 Å². The summed E-state index contributed by atoms with van der Waals surface area (Å²) in [6, 6.07) is 5.71. The second kappa shape index (κ2) is 10.4. The minimum Gasteiger partial charge on any atom is -0.447 e. The van der Waals surface area contributed by atoms with Gasteiger partial charge in [-0.05, 0) is 32.0 Å². The summed E-state index contributed by atoms with van der Waals surface area (Å²) in [7, 11) is -2.83. The summed E-state index contributed by atoms with van der Waals surface area (Å²) >= 11 is 6.11. The smallest absolute Gasteiger partial charge is 0.425 e. The van der Waals surface area contributed by atoms with Gasteiger partial charge in [-0.25, -0.2) is 18.9 Å². The molecule has 4 rings (SSSR count). The second-order valence-electron chi connectivity index (χ2n) is 6.86. The summed E-state index contributed by atoms with van der Waals surface area (Å²) in [6.45, 7) is -0.0133. The molecule has 2 aliphatic rings. The Morgan fingerprint density at radius 3 is 2.97 bits per heavy atom. The van der Waals surface area contributed by atoms with E-state index in [0.717, 1.165) is 6.07 Å². The standard InChI is InChI=1S/C18H17ClFN2O8P3/c19-12-6-11(7-13(20)14(12)28-17(24)22-4-5-27-16(22)23)15-29-32-31-18(25,33(26)30-15)8-10-2-1-3-21-9-10/h1-3,6-7,9,15,25-26,31-32H,4-5,8H2. The van der Waals surface area contributed by atoms with Crippen molar-refractivity contribution in [1.82, 2.24) is 9.88 Å². The summed E-state index contributed by atoms with van der Waals surface area (Å²) < 4.78 is 35.5. The van der Waals surface area contributed by atoms with Crippen LogP contribution < -0.4 is 4.74 Å². The lowest BCUT2D eigenvalue weighted by molar-refractivity contribution is 0.0134. The number of nitrogens with zero attached hydrogens (tertiary/aromatic N) is 2. The number of hydrogen-bond donors (Lipinski definition) is 2. The van der Waals surface area contributed by atoms with Crippen LogP contribution in [0, 0.1) is 5.82 Å². The maximum absolute atomic E-state index is 14.7. The highest BCUT2D eigenvalue weighted by atomic mass is 35.5. The van der Waals surface area contributed by atoms with Crippen LogP contribution in [0.3, 0.4) is 0 Å². The van der Waals surface area contributed by atoms with Crippen molar-refractivity contribution in [3.63, 3.8) is 0 Å². The maximum atomic E-state index is 14.7. The first-order valence-corrected chi connectivity index (χ1v) is 13.9. The average Bonchev–Trinajstić information content (AvgIpc) is 3.15. The molecule has 176 valence electrons. The topological polar surface area (TPSA) is 128 Å². The van der Waals surface area contributed by atoms with Crippen LogP contribution in [-0.2, 0) is 20.2 Å². The zero-order valence-corrected chi connectivity index (χ0v) is 20.3. The predicted octanol–water partition coefficient (Wildman–Crippen LogP) is 4.25. The maximum Gasteiger partial charge on any atom is 0.425 e. The van der Waals surface area contributed by atoms with Gasteiger partial charge in [-0.15, -0.1) is 0 Å². The molecule has 0 saturated carbocycles. The van der Waals surface area contributed by atoms with E-state index >= 15 is 0 Å². The van der Waals surface area contributed by atoms with E-state index in [4.69, 9.17) is 25.4 Å². The molecular weight excluding hydrogens is 520 g/mol. The van der Waals surface area contributed by atoms with Crippen LogP contribution in [0.5, 0.6) is 5.75 Å². The molecule has 0 bridgehead atoms. The molecule has 1 aromatic heterocycles. The van der Waals surface area contributed by atoms with Gasteiger partial charge in [0.15, 0.2) is 22.9 Å². The van der Waals surface area contributed by atoms with Gasteiger partial charge in [0.25, 0.3) is 0 Å². The van der Waals surface area contributed by atoms with Gasteiger partial charge in [0, 0.05) is 32.9 Å². The molecule has 0 radical (unpaired) electrons. The Labute approximate surface area is 196 Å². The molecule has 2 fully saturated rings. The molecule has 1 aromatic carbocycles. The van der Waals surface area contributed by atoms with Crippen LogP contribution in [0.4, 0.5) is 14.0 Å². The van der Waals surface area contributed by atoms with E-state index < -0.39 is 43.5 Å². The quantitative estimate of drug-likeness (QED) is 0.551. The molecule has 10 nitrogen and oxygen atoms in total. The number of ether oxygens (including phenoxy) is 2. The third-order valence-corrected chi connectivity index (χ3v) is 10.5. The minimum absolute atomic E-state index is 0.0121. The van der Waals surface area contributed by atoms with Gasteiger partial charge in [-0.2, -0.15) is 0 Å². The third kappa shape index (κ3) is 5.59.